The van der Waals surface area contributed by atoms with Crippen LogP contribution in [0.5, 0.6) is 0 Å². The summed E-state index contributed by atoms with van der Waals surface area (Å²) in [6.45, 7) is 3.62. The van der Waals surface area contributed by atoms with Crippen molar-refractivity contribution in [3.8, 4) is 0 Å². The van der Waals surface area contributed by atoms with Gasteiger partial charge < -0.3 is 15.4 Å². The number of carboxylic acids is 1. The van der Waals surface area contributed by atoms with Gasteiger partial charge in [0.05, 0.1) is 5.41 Å². The third kappa shape index (κ3) is 2.99. The van der Waals surface area contributed by atoms with Crippen LogP contribution in [0.2, 0.25) is 0 Å². The van der Waals surface area contributed by atoms with E-state index in [0.717, 1.165) is 10.9 Å². The molecule has 2 aromatic rings. The topological polar surface area (TPSA) is 82.2 Å². The third-order valence-corrected chi connectivity index (χ3v) is 3.43. The second-order valence-electron chi connectivity index (χ2n) is 5.47. The maximum absolute atomic E-state index is 12.0. The quantitative estimate of drug-likeness (QED) is 0.783. The molecule has 3 N–H and O–H groups in total. The summed E-state index contributed by atoms with van der Waals surface area (Å²) in [6, 6.07) is 7.36. The molecule has 0 aliphatic heterocycles. The molecule has 0 saturated heterocycles. The molecule has 1 aromatic heterocycles. The lowest BCUT2D eigenvalue weighted by Gasteiger charge is -2.18. The van der Waals surface area contributed by atoms with Gasteiger partial charge in [-0.05, 0) is 43.9 Å². The zero-order chi connectivity index (χ0) is 14.8. The number of nitrogens with one attached hydrogen (secondary N) is 2. The van der Waals surface area contributed by atoms with Gasteiger partial charge in [0.2, 0.25) is 0 Å². The minimum atomic E-state index is -0.862. The first-order chi connectivity index (χ1) is 9.40. The molecule has 2 rings (SSSR count). The summed E-state index contributed by atoms with van der Waals surface area (Å²) in [6.07, 6.45) is 2.21. The number of carbonyl (C=O) groups excluding carboxylic acids is 1. The number of carbonyl (C=O) groups is 2. The van der Waals surface area contributed by atoms with Crippen LogP contribution in [-0.2, 0) is 4.79 Å². The van der Waals surface area contributed by atoms with Crippen LogP contribution in [0.3, 0.4) is 0 Å². The van der Waals surface area contributed by atoms with E-state index in [-0.39, 0.29) is 5.91 Å². The van der Waals surface area contributed by atoms with Crippen LogP contribution < -0.4 is 5.32 Å². The molecule has 1 amide bonds. The number of benzene rings is 1. The molecule has 0 radical (unpaired) electrons. The molecular formula is C15H18N2O3. The van der Waals surface area contributed by atoms with E-state index in [9.17, 15) is 9.59 Å². The molecule has 0 unspecified atom stereocenters. The van der Waals surface area contributed by atoms with Crippen LogP contribution in [0.1, 0.15) is 30.6 Å². The number of rotatable bonds is 5. The maximum Gasteiger partial charge on any atom is 0.309 e. The molecule has 0 spiro atoms. The molecule has 1 heterocycles. The lowest BCUT2D eigenvalue weighted by molar-refractivity contribution is -0.147. The zero-order valence-corrected chi connectivity index (χ0v) is 11.6. The second-order valence-corrected chi connectivity index (χ2v) is 5.47. The van der Waals surface area contributed by atoms with Crippen LogP contribution in [0.4, 0.5) is 0 Å². The Labute approximate surface area is 117 Å². The van der Waals surface area contributed by atoms with Crippen molar-refractivity contribution in [2.24, 2.45) is 5.41 Å². The number of fused-ring (bicyclic) bond motifs is 1. The molecule has 0 bridgehead atoms. The van der Waals surface area contributed by atoms with Crippen LogP contribution in [0.25, 0.3) is 10.9 Å². The summed E-state index contributed by atoms with van der Waals surface area (Å²) in [5.74, 6) is -1.05. The highest BCUT2D eigenvalue weighted by Crippen LogP contribution is 2.19. The second kappa shape index (κ2) is 5.36. The van der Waals surface area contributed by atoms with Crippen molar-refractivity contribution in [1.29, 1.82) is 0 Å². The molecule has 0 aliphatic rings. The van der Waals surface area contributed by atoms with Gasteiger partial charge >= 0.3 is 5.97 Å². The third-order valence-electron chi connectivity index (χ3n) is 3.43. The lowest BCUT2D eigenvalue weighted by Crippen LogP contribution is -2.31. The molecule has 5 nitrogen and oxygen atoms in total. The van der Waals surface area contributed by atoms with Gasteiger partial charge in [0, 0.05) is 23.8 Å². The molecule has 0 saturated carbocycles. The SMILES string of the molecule is CC(C)(CCNC(=O)c1ccc2cc[nH]c2c1)C(=O)O. The first-order valence-electron chi connectivity index (χ1n) is 6.49. The Morgan fingerprint density at radius 2 is 2.05 bits per heavy atom. The standard InChI is InChI=1S/C15H18N2O3/c1-15(2,14(19)20)6-8-17-13(18)11-4-3-10-5-7-16-12(10)9-11/h3-5,7,9,16H,6,8H2,1-2H3,(H,17,18)(H,19,20). The number of hydrogen-bond donors (Lipinski definition) is 3. The van der Waals surface area contributed by atoms with E-state index in [0.29, 0.717) is 18.5 Å². The van der Waals surface area contributed by atoms with Crippen molar-refractivity contribution < 1.29 is 14.7 Å². The molecule has 0 aliphatic carbocycles. The Hall–Kier alpha value is -2.30. The average Bonchev–Trinajstić information content (AvgIpc) is 2.85. The van der Waals surface area contributed by atoms with Gasteiger partial charge in [-0.15, -0.1) is 0 Å². The van der Waals surface area contributed by atoms with Gasteiger partial charge in [-0.1, -0.05) is 6.07 Å². The number of aromatic nitrogens is 1. The summed E-state index contributed by atoms with van der Waals surface area (Å²) in [4.78, 5) is 26.0. The van der Waals surface area contributed by atoms with Crippen LogP contribution in [-0.4, -0.2) is 28.5 Å². The fourth-order valence-electron chi connectivity index (χ4n) is 1.89. The smallest absolute Gasteiger partial charge is 0.309 e. The molecule has 0 fully saturated rings. The van der Waals surface area contributed by atoms with Gasteiger partial charge in [-0.3, -0.25) is 9.59 Å². The van der Waals surface area contributed by atoms with Gasteiger partial charge in [-0.25, -0.2) is 0 Å². The Balaban J connectivity index is 1.96. The first-order valence-corrected chi connectivity index (χ1v) is 6.49. The van der Waals surface area contributed by atoms with Crippen LogP contribution in [0, 0.1) is 5.41 Å². The Morgan fingerprint density at radius 3 is 2.75 bits per heavy atom. The number of amides is 1. The number of H-pyrrole nitrogens is 1. The van der Waals surface area contributed by atoms with E-state index in [4.69, 9.17) is 5.11 Å². The fraction of sp³-hybridized carbons (Fsp3) is 0.333. The van der Waals surface area contributed by atoms with E-state index in [1.54, 1.807) is 26.0 Å². The number of aromatic amines is 1. The Bertz CT molecular complexity index is 643. The summed E-state index contributed by atoms with van der Waals surface area (Å²) >= 11 is 0. The van der Waals surface area contributed by atoms with E-state index in [1.165, 1.54) is 0 Å². The number of aliphatic carboxylic acids is 1. The van der Waals surface area contributed by atoms with Crippen LogP contribution in [0.15, 0.2) is 30.5 Å². The van der Waals surface area contributed by atoms with E-state index in [1.807, 2.05) is 18.3 Å². The predicted molar refractivity (Wildman–Crippen MR) is 76.7 cm³/mol. The molecule has 0 atom stereocenters. The monoisotopic (exact) mass is 274 g/mol. The van der Waals surface area contributed by atoms with E-state index >= 15 is 0 Å². The highest BCUT2D eigenvalue weighted by atomic mass is 16.4. The van der Waals surface area contributed by atoms with Crippen molar-refractivity contribution in [1.82, 2.24) is 10.3 Å². The highest BCUT2D eigenvalue weighted by Gasteiger charge is 2.26. The molecule has 20 heavy (non-hydrogen) atoms. The fourth-order valence-corrected chi connectivity index (χ4v) is 1.89. The van der Waals surface area contributed by atoms with Gasteiger partial charge in [0.1, 0.15) is 0 Å². The predicted octanol–water partition coefficient (Wildman–Crippen LogP) is 2.40. The molecule has 106 valence electrons. The average molecular weight is 274 g/mol. The van der Waals surface area contributed by atoms with Crippen LogP contribution >= 0.6 is 0 Å². The summed E-state index contributed by atoms with van der Waals surface area (Å²) in [5.41, 5.74) is 0.632. The van der Waals surface area contributed by atoms with E-state index in [2.05, 4.69) is 10.3 Å². The molecule has 1 aromatic carbocycles. The highest BCUT2D eigenvalue weighted by molar-refractivity contribution is 5.97. The minimum Gasteiger partial charge on any atom is -0.481 e. The minimum absolute atomic E-state index is 0.192. The molecular weight excluding hydrogens is 256 g/mol. The van der Waals surface area contributed by atoms with Gasteiger partial charge in [0.25, 0.3) is 5.91 Å². The van der Waals surface area contributed by atoms with E-state index < -0.39 is 11.4 Å². The number of carboxylic acid groups (broad SMARTS) is 1. The van der Waals surface area contributed by atoms with Crippen molar-refractivity contribution in [3.05, 3.63) is 36.0 Å². The summed E-state index contributed by atoms with van der Waals surface area (Å²) in [5, 5.41) is 12.8. The normalized spacial score (nSPS) is 11.5. The largest absolute Gasteiger partial charge is 0.481 e. The van der Waals surface area contributed by atoms with Crippen molar-refractivity contribution >= 4 is 22.8 Å². The summed E-state index contributed by atoms with van der Waals surface area (Å²) in [7, 11) is 0. The zero-order valence-electron chi connectivity index (χ0n) is 11.6. The summed E-state index contributed by atoms with van der Waals surface area (Å²) < 4.78 is 0. The van der Waals surface area contributed by atoms with Gasteiger partial charge in [-0.2, -0.15) is 0 Å². The van der Waals surface area contributed by atoms with Gasteiger partial charge in [0.15, 0.2) is 0 Å². The van der Waals surface area contributed by atoms with Crippen molar-refractivity contribution in [2.75, 3.05) is 6.54 Å². The van der Waals surface area contributed by atoms with Crippen molar-refractivity contribution in [2.45, 2.75) is 20.3 Å². The van der Waals surface area contributed by atoms with Crippen molar-refractivity contribution in [3.63, 3.8) is 0 Å². The number of hydrogen-bond acceptors (Lipinski definition) is 2. The maximum atomic E-state index is 12.0. The molecule has 5 heteroatoms. The lowest BCUT2D eigenvalue weighted by atomic mass is 9.90. The Kier molecular flexibility index (Phi) is 3.79. The Morgan fingerprint density at radius 1 is 1.30 bits per heavy atom. The first kappa shape index (κ1) is 14.1.